The zero-order valence-electron chi connectivity index (χ0n) is 28.3. The van der Waals surface area contributed by atoms with Crippen molar-refractivity contribution in [2.75, 3.05) is 6.54 Å². The normalized spacial score (nSPS) is 21.5. The van der Waals surface area contributed by atoms with Gasteiger partial charge in [-0.1, -0.05) is 51.6 Å². The quantitative estimate of drug-likeness (QED) is 0.258. The van der Waals surface area contributed by atoms with Crippen LogP contribution in [0.25, 0.3) is 0 Å². The van der Waals surface area contributed by atoms with Crippen molar-refractivity contribution in [3.63, 3.8) is 0 Å². The predicted octanol–water partition coefficient (Wildman–Crippen LogP) is 6.11. The van der Waals surface area contributed by atoms with E-state index in [0.717, 1.165) is 37.8 Å². The monoisotopic (exact) mass is 669 g/mol. The number of halogens is 1. The molecule has 1 aliphatic heterocycles. The highest BCUT2D eigenvalue weighted by Crippen LogP contribution is 2.40. The van der Waals surface area contributed by atoms with Crippen LogP contribution in [0.4, 0.5) is 4.79 Å². The molecule has 2 N–H and O–H groups in total. The highest BCUT2D eigenvalue weighted by Gasteiger charge is 2.47. The van der Waals surface area contributed by atoms with Crippen LogP contribution in [-0.2, 0) is 9.59 Å². The number of rotatable bonds is 12. The van der Waals surface area contributed by atoms with Crippen molar-refractivity contribution >= 4 is 35.1 Å². The van der Waals surface area contributed by atoms with Gasteiger partial charge in [0.05, 0.1) is 23.3 Å². The molecular formula is C35H48ClN5O6. The molecule has 256 valence electrons. The van der Waals surface area contributed by atoms with Gasteiger partial charge < -0.3 is 24.7 Å². The number of likely N-dealkylation sites (tertiary alicyclic amines) is 1. The van der Waals surface area contributed by atoms with E-state index in [-0.39, 0.29) is 36.8 Å². The summed E-state index contributed by atoms with van der Waals surface area (Å²) in [5.41, 5.74) is -0.401. The van der Waals surface area contributed by atoms with Crippen molar-refractivity contribution in [2.24, 2.45) is 17.3 Å². The average Bonchev–Trinajstić information content (AvgIpc) is 3.53. The molecule has 12 heteroatoms. The Morgan fingerprint density at radius 3 is 2.38 bits per heavy atom. The number of carbonyl (C=O) groups excluding carboxylic acids is 4. The molecule has 1 unspecified atom stereocenters. The molecule has 3 heterocycles. The number of carbonyl (C=O) groups is 4. The molecule has 1 saturated heterocycles. The standard InChI is InChI=1S/C35H48ClN5O6/c1-34(2,3)30(39-33(45)40-35(4,5)6)32(44)41-18-24(47-28-13-12-23(36)17-37-28)16-26(41)27(42)15-22(14-20-8-7-9-20)29(43)31-38-25(19-46-31)21-10-11-21/h12-13,17,19-22,24,26,30H,7-11,14-16,18H2,1-6H3,(H2,39,40,45)/t22?,24-,26+,30-/m1/s1. The number of aromatic nitrogens is 2. The summed E-state index contributed by atoms with van der Waals surface area (Å²) >= 11 is 6.01. The first-order valence-electron chi connectivity index (χ1n) is 16.8. The van der Waals surface area contributed by atoms with Gasteiger partial charge in [-0.2, -0.15) is 0 Å². The van der Waals surface area contributed by atoms with Crippen LogP contribution in [0.3, 0.4) is 0 Å². The molecule has 0 aromatic carbocycles. The lowest BCUT2D eigenvalue weighted by Gasteiger charge is -2.36. The van der Waals surface area contributed by atoms with Crippen LogP contribution in [0.2, 0.25) is 5.02 Å². The molecule has 0 radical (unpaired) electrons. The smallest absolute Gasteiger partial charge is 0.315 e. The van der Waals surface area contributed by atoms with Gasteiger partial charge >= 0.3 is 6.03 Å². The third-order valence-corrected chi connectivity index (χ3v) is 9.39. The van der Waals surface area contributed by atoms with Crippen molar-refractivity contribution in [3.8, 4) is 5.88 Å². The Morgan fingerprint density at radius 1 is 1.09 bits per heavy atom. The van der Waals surface area contributed by atoms with Crippen molar-refractivity contribution < 1.29 is 28.3 Å². The number of ketones is 2. The van der Waals surface area contributed by atoms with Crippen LogP contribution in [0, 0.1) is 17.3 Å². The van der Waals surface area contributed by atoms with Gasteiger partial charge in [0, 0.05) is 42.5 Å². The fourth-order valence-corrected chi connectivity index (χ4v) is 6.40. The van der Waals surface area contributed by atoms with E-state index in [0.29, 0.717) is 29.2 Å². The summed E-state index contributed by atoms with van der Waals surface area (Å²) in [7, 11) is 0. The van der Waals surface area contributed by atoms with Crippen LogP contribution >= 0.6 is 11.6 Å². The van der Waals surface area contributed by atoms with E-state index >= 15 is 0 Å². The number of amides is 3. The van der Waals surface area contributed by atoms with Crippen molar-refractivity contribution in [3.05, 3.63) is 41.2 Å². The van der Waals surface area contributed by atoms with Gasteiger partial charge in [-0.25, -0.2) is 14.8 Å². The highest BCUT2D eigenvalue weighted by atomic mass is 35.5. The zero-order chi connectivity index (χ0) is 34.1. The summed E-state index contributed by atoms with van der Waals surface area (Å²) in [4.78, 5) is 65.6. The Labute approximate surface area is 281 Å². The minimum atomic E-state index is -0.937. The van der Waals surface area contributed by atoms with Gasteiger partial charge in [0.15, 0.2) is 5.78 Å². The summed E-state index contributed by atoms with van der Waals surface area (Å²) in [5.74, 6) is -0.415. The van der Waals surface area contributed by atoms with E-state index in [1.54, 1.807) is 18.4 Å². The number of nitrogens with one attached hydrogen (secondary N) is 2. The van der Waals surface area contributed by atoms with Gasteiger partial charge in [0.1, 0.15) is 18.4 Å². The maximum absolute atomic E-state index is 14.3. The minimum absolute atomic E-state index is 0.0467. The van der Waals surface area contributed by atoms with Crippen LogP contribution in [0.15, 0.2) is 29.0 Å². The summed E-state index contributed by atoms with van der Waals surface area (Å²) in [5, 5.41) is 6.18. The maximum Gasteiger partial charge on any atom is 0.315 e. The van der Waals surface area contributed by atoms with Crippen LogP contribution in [0.5, 0.6) is 5.88 Å². The van der Waals surface area contributed by atoms with Gasteiger partial charge in [-0.15, -0.1) is 0 Å². The number of nitrogens with zero attached hydrogens (tertiary/aromatic N) is 3. The third kappa shape index (κ3) is 9.12. The first-order valence-corrected chi connectivity index (χ1v) is 17.1. The van der Waals surface area contributed by atoms with Crippen molar-refractivity contribution in [2.45, 2.75) is 123 Å². The molecule has 2 aromatic rings. The average molecular weight is 670 g/mol. The van der Waals surface area contributed by atoms with Gasteiger partial charge in [-0.3, -0.25) is 14.4 Å². The second-order valence-corrected chi connectivity index (χ2v) is 16.0. The van der Waals surface area contributed by atoms with Crippen LogP contribution in [-0.4, -0.2) is 68.6 Å². The minimum Gasteiger partial charge on any atom is -0.472 e. The van der Waals surface area contributed by atoms with E-state index in [4.69, 9.17) is 20.8 Å². The molecule has 2 aromatic heterocycles. The molecule has 3 aliphatic rings. The Balaban J connectivity index is 1.38. The van der Waals surface area contributed by atoms with Gasteiger partial charge in [-0.05, 0) is 57.4 Å². The predicted molar refractivity (Wildman–Crippen MR) is 176 cm³/mol. The molecule has 0 spiro atoms. The topological polar surface area (TPSA) is 144 Å². The van der Waals surface area contributed by atoms with Gasteiger partial charge in [0.2, 0.25) is 17.6 Å². The van der Waals surface area contributed by atoms with E-state index in [1.807, 2.05) is 41.5 Å². The number of Topliss-reactive ketones (excluding diaryl/α,β-unsaturated/α-hetero) is 2. The first-order chi connectivity index (χ1) is 22.1. The number of oxazole rings is 1. The Kier molecular flexibility index (Phi) is 10.3. The molecule has 2 saturated carbocycles. The molecule has 3 amide bonds. The molecule has 11 nitrogen and oxygen atoms in total. The number of hydrogen-bond acceptors (Lipinski definition) is 8. The van der Waals surface area contributed by atoms with E-state index in [1.165, 1.54) is 11.1 Å². The zero-order valence-corrected chi connectivity index (χ0v) is 29.1. The van der Waals surface area contributed by atoms with Crippen LogP contribution < -0.4 is 15.4 Å². The van der Waals surface area contributed by atoms with E-state index in [2.05, 4.69) is 20.6 Å². The molecule has 4 atom stereocenters. The number of urea groups is 1. The molecule has 3 fully saturated rings. The molecule has 5 rings (SSSR count). The third-order valence-electron chi connectivity index (χ3n) is 9.17. The fraction of sp³-hybridized carbons (Fsp3) is 0.657. The Bertz CT molecular complexity index is 1450. The van der Waals surface area contributed by atoms with E-state index in [9.17, 15) is 19.2 Å². The molecular weight excluding hydrogens is 622 g/mol. The highest BCUT2D eigenvalue weighted by molar-refractivity contribution is 6.30. The molecule has 47 heavy (non-hydrogen) atoms. The van der Waals surface area contributed by atoms with Crippen molar-refractivity contribution in [1.82, 2.24) is 25.5 Å². The fourth-order valence-electron chi connectivity index (χ4n) is 6.29. The second-order valence-electron chi connectivity index (χ2n) is 15.6. The van der Waals surface area contributed by atoms with Crippen LogP contribution in [0.1, 0.15) is 115 Å². The van der Waals surface area contributed by atoms with Gasteiger partial charge in [0.25, 0.3) is 5.89 Å². The summed E-state index contributed by atoms with van der Waals surface area (Å²) < 4.78 is 11.8. The number of hydrogen-bond donors (Lipinski definition) is 2. The first kappa shape index (κ1) is 34.9. The molecule has 0 bridgehead atoms. The number of ether oxygens (including phenoxy) is 1. The molecule has 2 aliphatic carbocycles. The van der Waals surface area contributed by atoms with Crippen molar-refractivity contribution in [1.29, 1.82) is 0 Å². The Morgan fingerprint density at radius 2 is 1.81 bits per heavy atom. The number of pyridine rings is 1. The van der Waals surface area contributed by atoms with E-state index < -0.39 is 47.0 Å². The largest absolute Gasteiger partial charge is 0.472 e. The lowest BCUT2D eigenvalue weighted by Crippen LogP contribution is -2.60. The summed E-state index contributed by atoms with van der Waals surface area (Å²) in [6.45, 7) is 11.3. The lowest BCUT2D eigenvalue weighted by molar-refractivity contribution is -0.141. The maximum atomic E-state index is 14.3. The SMILES string of the molecule is CC(C)(C)NC(=O)N[C@H](C(=O)N1C[C@H](Oc2ccc(Cl)cn2)C[C@H]1C(=O)CC(CC1CCC1)C(=O)c1nc(C2CC2)co1)C(C)(C)C. The Hall–Kier alpha value is -3.47. The lowest BCUT2D eigenvalue weighted by atomic mass is 9.76. The summed E-state index contributed by atoms with van der Waals surface area (Å²) in [6.07, 6.45) is 8.44. The summed E-state index contributed by atoms with van der Waals surface area (Å²) in [6, 6.07) is 1.02. The second kappa shape index (κ2) is 13.9.